The number of unbranched alkanes of at least 4 members (excludes halogenated alkanes) is 1. The van der Waals surface area contributed by atoms with Gasteiger partial charge in [0.25, 0.3) is 0 Å². The van der Waals surface area contributed by atoms with E-state index in [0.717, 1.165) is 12.0 Å². The molecule has 0 aromatic carbocycles. The third-order valence-electron chi connectivity index (χ3n) is 2.90. The normalized spacial score (nSPS) is 13.4. The molecule has 0 aromatic rings. The third kappa shape index (κ3) is 10.2. The van der Waals surface area contributed by atoms with Crippen LogP contribution >= 0.6 is 0 Å². The van der Waals surface area contributed by atoms with E-state index in [1.807, 2.05) is 0 Å². The molecule has 0 aliphatic rings. The fourth-order valence-electron chi connectivity index (χ4n) is 1.99. The van der Waals surface area contributed by atoms with E-state index >= 15 is 0 Å². The van der Waals surface area contributed by atoms with Crippen molar-refractivity contribution in [2.75, 3.05) is 6.54 Å². The predicted molar refractivity (Wildman–Crippen MR) is 70.3 cm³/mol. The smallest absolute Gasteiger partial charge is 0.00669 e. The summed E-state index contributed by atoms with van der Waals surface area (Å²) in [6, 6.07) is 0.780. The lowest BCUT2D eigenvalue weighted by molar-refractivity contribution is 0.419. The van der Waals surface area contributed by atoms with Crippen molar-refractivity contribution in [1.82, 2.24) is 5.32 Å². The topological polar surface area (TPSA) is 12.0 Å². The lowest BCUT2D eigenvalue weighted by Gasteiger charge is -2.17. The Morgan fingerprint density at radius 1 is 0.867 bits per heavy atom. The number of hydrogen-bond donors (Lipinski definition) is 1. The fraction of sp³-hybridized carbons (Fsp3) is 1.00. The van der Waals surface area contributed by atoms with Crippen LogP contribution in [0.15, 0.2) is 0 Å². The van der Waals surface area contributed by atoms with Crippen LogP contribution in [0.3, 0.4) is 0 Å². The van der Waals surface area contributed by atoms with Crippen molar-refractivity contribution in [2.45, 2.75) is 78.7 Å². The molecule has 0 rings (SSSR count). The summed E-state index contributed by atoms with van der Waals surface area (Å²) in [4.78, 5) is 0. The molecule has 1 heteroatoms. The molecule has 0 aliphatic heterocycles. The number of hydrogen-bond acceptors (Lipinski definition) is 1. The number of nitrogens with one attached hydrogen (secondary N) is 1. The summed E-state index contributed by atoms with van der Waals surface area (Å²) >= 11 is 0. The average molecular weight is 213 g/mol. The standard InChI is InChI=1S/C14H31N/c1-5-9-14(15-12-6-2)11-8-7-10-13(3)4/h13-15H,5-12H2,1-4H3. The molecule has 0 fully saturated rings. The predicted octanol–water partition coefficient (Wildman–Crippen LogP) is 4.37. The summed E-state index contributed by atoms with van der Waals surface area (Å²) in [6.45, 7) is 10.4. The van der Waals surface area contributed by atoms with Crippen LogP contribution in [0.2, 0.25) is 0 Å². The van der Waals surface area contributed by atoms with Crippen molar-refractivity contribution < 1.29 is 0 Å². The van der Waals surface area contributed by atoms with Crippen LogP contribution in [0, 0.1) is 5.92 Å². The molecule has 0 radical (unpaired) electrons. The Morgan fingerprint density at radius 3 is 2.07 bits per heavy atom. The fourth-order valence-corrected chi connectivity index (χ4v) is 1.99. The summed E-state index contributed by atoms with van der Waals surface area (Å²) in [5.41, 5.74) is 0. The zero-order valence-electron chi connectivity index (χ0n) is 11.3. The van der Waals surface area contributed by atoms with Crippen molar-refractivity contribution >= 4 is 0 Å². The summed E-state index contributed by atoms with van der Waals surface area (Å²) < 4.78 is 0. The Kier molecular flexibility index (Phi) is 10.4. The van der Waals surface area contributed by atoms with Gasteiger partial charge < -0.3 is 5.32 Å². The Morgan fingerprint density at radius 2 is 1.53 bits per heavy atom. The first-order valence-electron chi connectivity index (χ1n) is 6.94. The highest BCUT2D eigenvalue weighted by Gasteiger charge is 2.05. The zero-order valence-corrected chi connectivity index (χ0v) is 11.3. The van der Waals surface area contributed by atoms with Gasteiger partial charge in [-0.2, -0.15) is 0 Å². The first-order valence-corrected chi connectivity index (χ1v) is 6.94. The van der Waals surface area contributed by atoms with Gasteiger partial charge in [0.05, 0.1) is 0 Å². The molecule has 0 spiro atoms. The van der Waals surface area contributed by atoms with Crippen LogP contribution in [0.4, 0.5) is 0 Å². The molecule has 92 valence electrons. The Labute approximate surface area is 97.0 Å². The van der Waals surface area contributed by atoms with E-state index < -0.39 is 0 Å². The third-order valence-corrected chi connectivity index (χ3v) is 2.90. The molecule has 1 nitrogen and oxygen atoms in total. The molecule has 0 heterocycles. The molecule has 0 saturated heterocycles. The minimum atomic E-state index is 0.780. The second kappa shape index (κ2) is 10.5. The first kappa shape index (κ1) is 15.0. The Bertz CT molecular complexity index is 121. The van der Waals surface area contributed by atoms with Gasteiger partial charge in [0.15, 0.2) is 0 Å². The summed E-state index contributed by atoms with van der Waals surface area (Å²) in [7, 11) is 0. The summed E-state index contributed by atoms with van der Waals surface area (Å²) in [5, 5.41) is 3.66. The maximum atomic E-state index is 3.66. The Balaban J connectivity index is 3.47. The highest BCUT2D eigenvalue weighted by atomic mass is 14.9. The van der Waals surface area contributed by atoms with Crippen molar-refractivity contribution in [3.63, 3.8) is 0 Å². The van der Waals surface area contributed by atoms with Crippen LogP contribution in [-0.4, -0.2) is 12.6 Å². The lowest BCUT2D eigenvalue weighted by Crippen LogP contribution is -2.29. The van der Waals surface area contributed by atoms with Gasteiger partial charge >= 0.3 is 0 Å². The Hall–Kier alpha value is -0.0400. The average Bonchev–Trinajstić information content (AvgIpc) is 2.20. The maximum Gasteiger partial charge on any atom is 0.00669 e. The van der Waals surface area contributed by atoms with Gasteiger partial charge in [0, 0.05) is 6.04 Å². The van der Waals surface area contributed by atoms with E-state index in [1.54, 1.807) is 0 Å². The molecular formula is C14H31N. The zero-order chi connectivity index (χ0) is 11.5. The molecule has 0 aromatic heterocycles. The molecular weight excluding hydrogens is 182 g/mol. The molecule has 0 saturated carbocycles. The minimum Gasteiger partial charge on any atom is -0.314 e. The second-order valence-corrected chi connectivity index (χ2v) is 5.12. The second-order valence-electron chi connectivity index (χ2n) is 5.12. The summed E-state index contributed by atoms with van der Waals surface area (Å²) in [6.07, 6.45) is 9.50. The van der Waals surface area contributed by atoms with E-state index in [4.69, 9.17) is 0 Å². The molecule has 1 unspecified atom stereocenters. The van der Waals surface area contributed by atoms with Crippen molar-refractivity contribution in [3.8, 4) is 0 Å². The van der Waals surface area contributed by atoms with Crippen LogP contribution in [0.5, 0.6) is 0 Å². The SMILES string of the molecule is CCCNC(CCC)CCCCC(C)C. The van der Waals surface area contributed by atoms with Crippen LogP contribution in [0.1, 0.15) is 72.6 Å². The molecule has 0 aliphatic carbocycles. The van der Waals surface area contributed by atoms with E-state index in [0.29, 0.717) is 0 Å². The monoisotopic (exact) mass is 213 g/mol. The van der Waals surface area contributed by atoms with Gasteiger partial charge in [-0.3, -0.25) is 0 Å². The molecule has 1 N–H and O–H groups in total. The lowest BCUT2D eigenvalue weighted by atomic mass is 10.0. The summed E-state index contributed by atoms with van der Waals surface area (Å²) in [5.74, 6) is 0.873. The van der Waals surface area contributed by atoms with Gasteiger partial charge in [-0.15, -0.1) is 0 Å². The van der Waals surface area contributed by atoms with E-state index in [-0.39, 0.29) is 0 Å². The maximum absolute atomic E-state index is 3.66. The van der Waals surface area contributed by atoms with E-state index in [1.165, 1.54) is 51.5 Å². The van der Waals surface area contributed by atoms with Crippen molar-refractivity contribution in [3.05, 3.63) is 0 Å². The number of rotatable bonds is 10. The quantitative estimate of drug-likeness (QED) is 0.531. The van der Waals surface area contributed by atoms with E-state index in [9.17, 15) is 0 Å². The van der Waals surface area contributed by atoms with Gasteiger partial charge in [-0.05, 0) is 31.7 Å². The van der Waals surface area contributed by atoms with Crippen molar-refractivity contribution in [1.29, 1.82) is 0 Å². The highest BCUT2D eigenvalue weighted by molar-refractivity contribution is 4.66. The molecule has 0 amide bonds. The van der Waals surface area contributed by atoms with Crippen molar-refractivity contribution in [2.24, 2.45) is 5.92 Å². The van der Waals surface area contributed by atoms with E-state index in [2.05, 4.69) is 33.0 Å². The van der Waals surface area contributed by atoms with Gasteiger partial charge in [0.1, 0.15) is 0 Å². The molecule has 1 atom stereocenters. The first-order chi connectivity index (χ1) is 7.20. The minimum absolute atomic E-state index is 0.780. The van der Waals surface area contributed by atoms with Crippen LogP contribution in [-0.2, 0) is 0 Å². The van der Waals surface area contributed by atoms with Gasteiger partial charge in [-0.25, -0.2) is 0 Å². The van der Waals surface area contributed by atoms with Crippen LogP contribution in [0.25, 0.3) is 0 Å². The highest BCUT2D eigenvalue weighted by Crippen LogP contribution is 2.12. The van der Waals surface area contributed by atoms with Gasteiger partial charge in [-0.1, -0.05) is 53.4 Å². The molecule has 15 heavy (non-hydrogen) atoms. The molecule has 0 bridgehead atoms. The largest absolute Gasteiger partial charge is 0.314 e. The van der Waals surface area contributed by atoms with Gasteiger partial charge in [0.2, 0.25) is 0 Å². The van der Waals surface area contributed by atoms with Crippen LogP contribution < -0.4 is 5.32 Å².